The third-order valence-corrected chi connectivity index (χ3v) is 2.25. The highest BCUT2D eigenvalue weighted by Crippen LogP contribution is 2.18. The predicted molar refractivity (Wildman–Crippen MR) is 58.2 cm³/mol. The van der Waals surface area contributed by atoms with Gasteiger partial charge in [0.1, 0.15) is 5.82 Å². The molecule has 0 aliphatic carbocycles. The minimum atomic E-state index is -0.311. The Morgan fingerprint density at radius 3 is 2.62 bits per heavy atom. The predicted octanol–water partition coefficient (Wildman–Crippen LogP) is 1.82. The van der Waals surface area contributed by atoms with Crippen LogP contribution >= 0.6 is 0 Å². The lowest BCUT2D eigenvalue weighted by molar-refractivity contribution is 0.297. The average Bonchev–Trinajstić information content (AvgIpc) is 2.33. The van der Waals surface area contributed by atoms with Gasteiger partial charge in [-0.2, -0.15) is 0 Å². The van der Waals surface area contributed by atoms with Gasteiger partial charge >= 0.3 is 0 Å². The van der Waals surface area contributed by atoms with Crippen LogP contribution in [0.5, 0.6) is 0 Å². The van der Waals surface area contributed by atoms with Crippen LogP contribution in [0.3, 0.4) is 0 Å². The first-order valence-corrected chi connectivity index (χ1v) is 4.98. The molecule has 2 rings (SSSR count). The van der Waals surface area contributed by atoms with Crippen molar-refractivity contribution < 1.29 is 9.50 Å². The van der Waals surface area contributed by atoms with Crippen molar-refractivity contribution in [3.8, 4) is 11.4 Å². The van der Waals surface area contributed by atoms with E-state index in [1.54, 1.807) is 30.6 Å². The van der Waals surface area contributed by atoms with Crippen LogP contribution in [0.15, 0.2) is 36.7 Å². The van der Waals surface area contributed by atoms with E-state index in [9.17, 15) is 4.39 Å². The van der Waals surface area contributed by atoms with E-state index in [1.165, 1.54) is 6.07 Å². The summed E-state index contributed by atoms with van der Waals surface area (Å²) in [6.45, 7) is -0.0734. The summed E-state index contributed by atoms with van der Waals surface area (Å²) in [6.07, 6.45) is 3.57. The van der Waals surface area contributed by atoms with Crippen LogP contribution in [-0.2, 0) is 6.42 Å². The van der Waals surface area contributed by atoms with E-state index in [4.69, 9.17) is 5.11 Å². The number of rotatable bonds is 3. The maximum atomic E-state index is 13.3. The molecule has 0 radical (unpaired) electrons. The average molecular weight is 218 g/mol. The number of aromatic nitrogens is 2. The van der Waals surface area contributed by atoms with Crippen molar-refractivity contribution in [3.05, 3.63) is 48.0 Å². The zero-order valence-corrected chi connectivity index (χ0v) is 8.60. The zero-order valence-electron chi connectivity index (χ0n) is 8.60. The SMILES string of the molecule is OCCc1cc(-c2ncccn2)ccc1F. The second-order valence-corrected chi connectivity index (χ2v) is 3.35. The summed E-state index contributed by atoms with van der Waals surface area (Å²) < 4.78 is 13.3. The molecule has 2 aromatic rings. The number of hydrogen-bond acceptors (Lipinski definition) is 3. The summed E-state index contributed by atoms with van der Waals surface area (Å²) in [6, 6.07) is 6.39. The summed E-state index contributed by atoms with van der Waals surface area (Å²) in [5.41, 5.74) is 1.23. The molecule has 0 fully saturated rings. The van der Waals surface area contributed by atoms with Gasteiger partial charge in [0.2, 0.25) is 0 Å². The van der Waals surface area contributed by atoms with Crippen molar-refractivity contribution in [2.75, 3.05) is 6.61 Å². The topological polar surface area (TPSA) is 46.0 Å². The van der Waals surface area contributed by atoms with Crippen LogP contribution in [0.1, 0.15) is 5.56 Å². The number of aliphatic hydroxyl groups is 1. The van der Waals surface area contributed by atoms with Crippen molar-refractivity contribution in [1.29, 1.82) is 0 Å². The Labute approximate surface area is 92.6 Å². The van der Waals surface area contributed by atoms with Gasteiger partial charge in [-0.15, -0.1) is 0 Å². The van der Waals surface area contributed by atoms with Crippen LogP contribution in [0.4, 0.5) is 4.39 Å². The molecule has 0 aliphatic heterocycles. The summed E-state index contributed by atoms with van der Waals surface area (Å²) >= 11 is 0. The number of nitrogens with zero attached hydrogens (tertiary/aromatic N) is 2. The minimum absolute atomic E-state index is 0.0734. The number of benzene rings is 1. The number of aliphatic hydroxyl groups excluding tert-OH is 1. The molecule has 1 heterocycles. The van der Waals surface area contributed by atoms with E-state index in [0.717, 1.165) is 5.56 Å². The van der Waals surface area contributed by atoms with Crippen molar-refractivity contribution in [1.82, 2.24) is 9.97 Å². The molecule has 0 aliphatic rings. The fourth-order valence-corrected chi connectivity index (χ4v) is 1.47. The Morgan fingerprint density at radius 1 is 1.19 bits per heavy atom. The first-order valence-electron chi connectivity index (χ1n) is 4.98. The highest BCUT2D eigenvalue weighted by Gasteiger charge is 2.06. The van der Waals surface area contributed by atoms with E-state index in [0.29, 0.717) is 17.8 Å². The van der Waals surface area contributed by atoms with Crippen molar-refractivity contribution >= 4 is 0 Å². The largest absolute Gasteiger partial charge is 0.396 e. The number of hydrogen-bond donors (Lipinski definition) is 1. The molecule has 1 aromatic heterocycles. The lowest BCUT2D eigenvalue weighted by atomic mass is 10.1. The Hall–Kier alpha value is -1.81. The molecular formula is C12H11FN2O. The maximum absolute atomic E-state index is 13.3. The fourth-order valence-electron chi connectivity index (χ4n) is 1.47. The maximum Gasteiger partial charge on any atom is 0.159 e. The highest BCUT2D eigenvalue weighted by atomic mass is 19.1. The molecule has 1 N–H and O–H groups in total. The Bertz CT molecular complexity index is 474. The Balaban J connectivity index is 2.40. The van der Waals surface area contributed by atoms with Crippen LogP contribution in [0.2, 0.25) is 0 Å². The van der Waals surface area contributed by atoms with Crippen LogP contribution in [0, 0.1) is 5.82 Å². The Kier molecular flexibility index (Phi) is 3.22. The third kappa shape index (κ3) is 2.23. The molecule has 0 saturated carbocycles. The van der Waals surface area contributed by atoms with Gasteiger partial charge < -0.3 is 5.11 Å². The lowest BCUT2D eigenvalue weighted by Crippen LogP contribution is -1.96. The molecule has 0 saturated heterocycles. The van der Waals surface area contributed by atoms with E-state index in [1.807, 2.05) is 0 Å². The van der Waals surface area contributed by atoms with E-state index < -0.39 is 0 Å². The Morgan fingerprint density at radius 2 is 1.94 bits per heavy atom. The first-order chi connectivity index (χ1) is 7.81. The monoisotopic (exact) mass is 218 g/mol. The standard InChI is InChI=1S/C12H11FN2O/c13-11-3-2-10(8-9(11)4-7-16)12-14-5-1-6-15-12/h1-3,5-6,8,16H,4,7H2. The van der Waals surface area contributed by atoms with Crippen LogP contribution < -0.4 is 0 Å². The molecule has 16 heavy (non-hydrogen) atoms. The lowest BCUT2D eigenvalue weighted by Gasteiger charge is -2.04. The van der Waals surface area contributed by atoms with Gasteiger partial charge in [-0.3, -0.25) is 0 Å². The molecule has 1 aromatic carbocycles. The summed E-state index contributed by atoms with van der Waals surface area (Å²) in [7, 11) is 0. The molecule has 3 nitrogen and oxygen atoms in total. The molecule has 0 bridgehead atoms. The van der Waals surface area contributed by atoms with Gasteiger partial charge in [0, 0.05) is 24.6 Å². The first kappa shape index (κ1) is 10.7. The molecule has 82 valence electrons. The summed E-state index contributed by atoms with van der Waals surface area (Å²) in [4.78, 5) is 8.17. The van der Waals surface area contributed by atoms with Gasteiger partial charge in [-0.05, 0) is 36.2 Å². The minimum Gasteiger partial charge on any atom is -0.396 e. The van der Waals surface area contributed by atoms with Crippen LogP contribution in [-0.4, -0.2) is 21.7 Å². The van der Waals surface area contributed by atoms with Gasteiger partial charge in [0.05, 0.1) is 0 Å². The molecule has 0 atom stereocenters. The highest BCUT2D eigenvalue weighted by molar-refractivity contribution is 5.55. The molecular weight excluding hydrogens is 207 g/mol. The normalized spacial score (nSPS) is 10.4. The van der Waals surface area contributed by atoms with Crippen molar-refractivity contribution in [2.45, 2.75) is 6.42 Å². The fraction of sp³-hybridized carbons (Fsp3) is 0.167. The van der Waals surface area contributed by atoms with Gasteiger partial charge in [-0.25, -0.2) is 14.4 Å². The summed E-state index contributed by atoms with van der Waals surface area (Å²) in [5, 5.41) is 8.81. The van der Waals surface area contributed by atoms with Gasteiger partial charge in [0.25, 0.3) is 0 Å². The smallest absolute Gasteiger partial charge is 0.159 e. The van der Waals surface area contributed by atoms with Crippen LogP contribution in [0.25, 0.3) is 11.4 Å². The second kappa shape index (κ2) is 4.81. The van der Waals surface area contributed by atoms with Gasteiger partial charge in [0.15, 0.2) is 5.82 Å². The summed E-state index contributed by atoms with van der Waals surface area (Å²) in [5.74, 6) is 0.246. The third-order valence-electron chi connectivity index (χ3n) is 2.25. The molecule has 0 amide bonds. The second-order valence-electron chi connectivity index (χ2n) is 3.35. The molecule has 4 heteroatoms. The number of halogens is 1. The van der Waals surface area contributed by atoms with E-state index in [-0.39, 0.29) is 12.4 Å². The van der Waals surface area contributed by atoms with Crippen molar-refractivity contribution in [2.24, 2.45) is 0 Å². The molecule has 0 spiro atoms. The quantitative estimate of drug-likeness (QED) is 0.854. The molecule has 0 unspecified atom stereocenters. The van der Waals surface area contributed by atoms with Crippen molar-refractivity contribution in [3.63, 3.8) is 0 Å². The van der Waals surface area contributed by atoms with Gasteiger partial charge in [-0.1, -0.05) is 0 Å². The van der Waals surface area contributed by atoms with E-state index >= 15 is 0 Å². The van der Waals surface area contributed by atoms with E-state index in [2.05, 4.69) is 9.97 Å². The zero-order chi connectivity index (χ0) is 11.4.